The fourth-order valence-corrected chi connectivity index (χ4v) is 1.94. The zero-order chi connectivity index (χ0) is 15.5. The molecule has 0 radical (unpaired) electrons. The molecule has 1 N–H and O–H groups in total. The van der Waals surface area contributed by atoms with Crippen LogP contribution in [0, 0.1) is 0 Å². The normalized spacial score (nSPS) is 11.2. The van der Waals surface area contributed by atoms with Gasteiger partial charge >= 0.3 is 5.97 Å². The molecule has 0 saturated carbocycles. The first-order valence-corrected chi connectivity index (χ1v) is 6.87. The van der Waals surface area contributed by atoms with Gasteiger partial charge < -0.3 is 10.1 Å². The van der Waals surface area contributed by atoms with Crippen LogP contribution in [0.15, 0.2) is 36.7 Å². The van der Waals surface area contributed by atoms with E-state index in [1.54, 1.807) is 6.07 Å². The number of benzene rings is 1. The van der Waals surface area contributed by atoms with Crippen molar-refractivity contribution >= 4 is 11.7 Å². The average Bonchev–Trinajstić information content (AvgIpc) is 2.93. The van der Waals surface area contributed by atoms with Gasteiger partial charge in [0.05, 0.1) is 24.4 Å². The van der Waals surface area contributed by atoms with Crippen molar-refractivity contribution in [1.82, 2.24) is 9.78 Å². The monoisotopic (exact) mass is 287 g/mol. The predicted octanol–water partition coefficient (Wildman–Crippen LogP) is 3.04. The number of aromatic nitrogens is 2. The van der Waals surface area contributed by atoms with Gasteiger partial charge in [-0.15, -0.1) is 0 Å². The van der Waals surface area contributed by atoms with E-state index < -0.39 is 0 Å². The SMILES string of the molecule is COC(=O)c1ccccc1NCc1cnn(C(C)(C)C)c1. The molecule has 1 heterocycles. The third-order valence-corrected chi connectivity index (χ3v) is 3.14. The zero-order valence-electron chi connectivity index (χ0n) is 12.9. The van der Waals surface area contributed by atoms with Crippen LogP contribution < -0.4 is 5.32 Å². The summed E-state index contributed by atoms with van der Waals surface area (Å²) in [4.78, 5) is 11.7. The molecule has 2 rings (SSSR count). The second-order valence-corrected chi connectivity index (χ2v) is 5.85. The Bertz CT molecular complexity index is 626. The summed E-state index contributed by atoms with van der Waals surface area (Å²) in [5, 5.41) is 7.61. The van der Waals surface area contributed by atoms with Crippen LogP contribution in [-0.4, -0.2) is 22.9 Å². The number of ether oxygens (including phenoxy) is 1. The number of para-hydroxylation sites is 1. The molecule has 0 bridgehead atoms. The van der Waals surface area contributed by atoms with Gasteiger partial charge in [0.25, 0.3) is 0 Å². The Kier molecular flexibility index (Phi) is 4.31. The summed E-state index contributed by atoms with van der Waals surface area (Å²) in [5.74, 6) is -0.344. The number of anilines is 1. The van der Waals surface area contributed by atoms with E-state index >= 15 is 0 Å². The Hall–Kier alpha value is -2.30. The Balaban J connectivity index is 2.10. The lowest BCUT2D eigenvalue weighted by Crippen LogP contribution is -2.22. The molecule has 1 aromatic carbocycles. The molecule has 21 heavy (non-hydrogen) atoms. The number of nitrogens with zero attached hydrogens (tertiary/aromatic N) is 2. The smallest absolute Gasteiger partial charge is 0.339 e. The van der Waals surface area contributed by atoms with E-state index in [4.69, 9.17) is 4.74 Å². The Morgan fingerprint density at radius 2 is 2.05 bits per heavy atom. The molecule has 0 atom stereocenters. The van der Waals surface area contributed by atoms with Crippen LogP contribution in [-0.2, 0) is 16.8 Å². The maximum absolute atomic E-state index is 11.7. The molecule has 0 fully saturated rings. The van der Waals surface area contributed by atoms with Crippen molar-refractivity contribution in [3.63, 3.8) is 0 Å². The molecule has 0 aliphatic rings. The highest BCUT2D eigenvalue weighted by Crippen LogP contribution is 2.18. The molecule has 1 aromatic heterocycles. The van der Waals surface area contributed by atoms with E-state index in [9.17, 15) is 4.79 Å². The lowest BCUT2D eigenvalue weighted by atomic mass is 10.1. The topological polar surface area (TPSA) is 56.1 Å². The second kappa shape index (κ2) is 5.99. The van der Waals surface area contributed by atoms with Crippen LogP contribution in [0.25, 0.3) is 0 Å². The molecule has 0 spiro atoms. The van der Waals surface area contributed by atoms with E-state index in [0.717, 1.165) is 11.3 Å². The average molecular weight is 287 g/mol. The fourth-order valence-electron chi connectivity index (χ4n) is 1.94. The molecule has 2 aromatic rings. The number of carbonyl (C=O) groups excluding carboxylic acids is 1. The summed E-state index contributed by atoms with van der Waals surface area (Å²) in [5.41, 5.74) is 2.31. The molecule has 5 nitrogen and oxygen atoms in total. The van der Waals surface area contributed by atoms with Gasteiger partial charge in [-0.25, -0.2) is 4.79 Å². The molecule has 0 saturated heterocycles. The first-order chi connectivity index (χ1) is 9.91. The van der Waals surface area contributed by atoms with Crippen LogP contribution >= 0.6 is 0 Å². The lowest BCUT2D eigenvalue weighted by Gasteiger charge is -2.18. The molecule has 0 aliphatic carbocycles. The van der Waals surface area contributed by atoms with E-state index in [0.29, 0.717) is 12.1 Å². The van der Waals surface area contributed by atoms with Gasteiger partial charge in [-0.2, -0.15) is 5.10 Å². The molecule has 0 unspecified atom stereocenters. The fraction of sp³-hybridized carbons (Fsp3) is 0.375. The molecular weight excluding hydrogens is 266 g/mol. The van der Waals surface area contributed by atoms with E-state index in [2.05, 4.69) is 31.2 Å². The number of hydrogen-bond acceptors (Lipinski definition) is 4. The maximum atomic E-state index is 11.7. The van der Waals surface area contributed by atoms with Gasteiger partial charge in [-0.05, 0) is 32.9 Å². The standard InChI is InChI=1S/C16H21N3O2/c1-16(2,3)19-11-12(10-18-19)9-17-14-8-6-5-7-13(14)15(20)21-4/h5-8,10-11,17H,9H2,1-4H3. The quantitative estimate of drug-likeness (QED) is 0.878. The van der Waals surface area contributed by atoms with Crippen LogP contribution in [0.1, 0.15) is 36.7 Å². The van der Waals surface area contributed by atoms with Crippen molar-refractivity contribution in [2.45, 2.75) is 32.9 Å². The van der Waals surface area contributed by atoms with E-state index in [1.165, 1.54) is 7.11 Å². The maximum Gasteiger partial charge on any atom is 0.339 e. The zero-order valence-corrected chi connectivity index (χ0v) is 12.9. The Morgan fingerprint density at radius 3 is 2.67 bits per heavy atom. The van der Waals surface area contributed by atoms with Crippen molar-refractivity contribution in [3.05, 3.63) is 47.8 Å². The number of carbonyl (C=O) groups is 1. The number of methoxy groups -OCH3 is 1. The highest BCUT2D eigenvalue weighted by Gasteiger charge is 2.14. The highest BCUT2D eigenvalue weighted by molar-refractivity contribution is 5.95. The molecule has 0 amide bonds. The number of rotatable bonds is 4. The highest BCUT2D eigenvalue weighted by atomic mass is 16.5. The molecule has 0 aliphatic heterocycles. The second-order valence-electron chi connectivity index (χ2n) is 5.85. The van der Waals surface area contributed by atoms with Gasteiger partial charge in [0.2, 0.25) is 0 Å². The third kappa shape index (κ3) is 3.62. The summed E-state index contributed by atoms with van der Waals surface area (Å²) in [6.45, 7) is 6.90. The van der Waals surface area contributed by atoms with Gasteiger partial charge in [-0.1, -0.05) is 12.1 Å². The van der Waals surface area contributed by atoms with Crippen LogP contribution in [0.5, 0.6) is 0 Å². The van der Waals surface area contributed by atoms with Crippen LogP contribution in [0.2, 0.25) is 0 Å². The van der Waals surface area contributed by atoms with E-state index in [1.807, 2.05) is 35.3 Å². The van der Waals surface area contributed by atoms with Crippen molar-refractivity contribution in [3.8, 4) is 0 Å². The van der Waals surface area contributed by atoms with E-state index in [-0.39, 0.29) is 11.5 Å². The van der Waals surface area contributed by atoms with Crippen LogP contribution in [0.3, 0.4) is 0 Å². The number of esters is 1. The summed E-state index contributed by atoms with van der Waals surface area (Å²) in [6, 6.07) is 7.30. The number of nitrogens with one attached hydrogen (secondary N) is 1. The summed E-state index contributed by atoms with van der Waals surface area (Å²) >= 11 is 0. The minimum atomic E-state index is -0.344. The van der Waals surface area contributed by atoms with Crippen LogP contribution in [0.4, 0.5) is 5.69 Å². The first kappa shape index (κ1) is 15.1. The first-order valence-electron chi connectivity index (χ1n) is 6.87. The third-order valence-electron chi connectivity index (χ3n) is 3.14. The van der Waals surface area contributed by atoms with Gasteiger partial charge in [0.15, 0.2) is 0 Å². The largest absolute Gasteiger partial charge is 0.465 e. The lowest BCUT2D eigenvalue weighted by molar-refractivity contribution is 0.0602. The summed E-state index contributed by atoms with van der Waals surface area (Å²) in [6.07, 6.45) is 3.84. The molecule has 5 heteroatoms. The van der Waals surface area contributed by atoms with Crippen molar-refractivity contribution in [1.29, 1.82) is 0 Å². The van der Waals surface area contributed by atoms with Gasteiger partial charge in [-0.3, -0.25) is 4.68 Å². The van der Waals surface area contributed by atoms with Crippen molar-refractivity contribution < 1.29 is 9.53 Å². The minimum absolute atomic E-state index is 0.0395. The van der Waals surface area contributed by atoms with Gasteiger partial charge in [0.1, 0.15) is 0 Å². The number of hydrogen-bond donors (Lipinski definition) is 1. The minimum Gasteiger partial charge on any atom is -0.465 e. The predicted molar refractivity (Wildman–Crippen MR) is 82.3 cm³/mol. The van der Waals surface area contributed by atoms with Gasteiger partial charge in [0, 0.05) is 24.0 Å². The summed E-state index contributed by atoms with van der Waals surface area (Å²) in [7, 11) is 1.38. The molecule has 112 valence electrons. The van der Waals surface area contributed by atoms with Crippen molar-refractivity contribution in [2.24, 2.45) is 0 Å². The van der Waals surface area contributed by atoms with Crippen molar-refractivity contribution in [2.75, 3.05) is 12.4 Å². The Labute approximate surface area is 124 Å². The Morgan fingerprint density at radius 1 is 1.33 bits per heavy atom. The molecular formula is C16H21N3O2. The summed E-state index contributed by atoms with van der Waals surface area (Å²) < 4.78 is 6.71.